The Kier molecular flexibility index (Phi) is 4.10. The molecule has 92 valence electrons. The lowest BCUT2D eigenvalue weighted by Crippen LogP contribution is -2.05. The average Bonchev–Trinajstić information content (AvgIpc) is 2.89. The highest BCUT2D eigenvalue weighted by Crippen LogP contribution is 2.22. The van der Waals surface area contributed by atoms with Crippen molar-refractivity contribution in [1.82, 2.24) is 9.59 Å². The van der Waals surface area contributed by atoms with Gasteiger partial charge in [-0.25, -0.2) is 0 Å². The predicted molar refractivity (Wildman–Crippen MR) is 69.5 cm³/mol. The number of anilines is 1. The van der Waals surface area contributed by atoms with Gasteiger partial charge in [-0.1, -0.05) is 16.6 Å². The van der Waals surface area contributed by atoms with Gasteiger partial charge < -0.3 is 10.1 Å². The first-order valence-electron chi connectivity index (χ1n) is 5.43. The van der Waals surface area contributed by atoms with E-state index in [1.54, 1.807) is 6.20 Å². The van der Waals surface area contributed by atoms with Crippen molar-refractivity contribution in [2.24, 2.45) is 0 Å². The molecule has 0 radical (unpaired) electrons. The molecule has 1 unspecified atom stereocenters. The first-order valence-corrected chi connectivity index (χ1v) is 6.20. The van der Waals surface area contributed by atoms with E-state index in [-0.39, 0.29) is 12.6 Å². The summed E-state index contributed by atoms with van der Waals surface area (Å²) < 4.78 is 8.99. The number of nitriles is 1. The van der Waals surface area contributed by atoms with E-state index in [4.69, 9.17) is 10.00 Å². The molecule has 1 aromatic heterocycles. The smallest absolute Gasteiger partial charge is 0.174 e. The van der Waals surface area contributed by atoms with Gasteiger partial charge in [-0.2, -0.15) is 5.26 Å². The van der Waals surface area contributed by atoms with Crippen molar-refractivity contribution in [2.45, 2.75) is 13.0 Å². The maximum absolute atomic E-state index is 8.42. The van der Waals surface area contributed by atoms with Crippen molar-refractivity contribution < 1.29 is 4.74 Å². The number of nitrogens with one attached hydrogen (secondary N) is 1. The number of aromatic nitrogens is 2. The number of rotatable bonds is 5. The molecule has 1 N–H and O–H groups in total. The Morgan fingerprint density at radius 3 is 2.83 bits per heavy atom. The third-order valence-electron chi connectivity index (χ3n) is 2.40. The van der Waals surface area contributed by atoms with Crippen molar-refractivity contribution in [3.8, 4) is 11.8 Å². The fourth-order valence-electron chi connectivity index (χ4n) is 1.50. The molecule has 1 atom stereocenters. The average molecular weight is 260 g/mol. The summed E-state index contributed by atoms with van der Waals surface area (Å²) in [7, 11) is 0. The van der Waals surface area contributed by atoms with Gasteiger partial charge in [0, 0.05) is 17.6 Å². The molecule has 0 saturated heterocycles. The number of nitrogens with zero attached hydrogens (tertiary/aromatic N) is 3. The lowest BCUT2D eigenvalue weighted by Gasteiger charge is -2.13. The Bertz CT molecular complexity index is 518. The summed E-state index contributed by atoms with van der Waals surface area (Å²) in [5.74, 6) is 0.701. The van der Waals surface area contributed by atoms with E-state index < -0.39 is 0 Å². The molecule has 1 heterocycles. The maximum atomic E-state index is 8.42. The van der Waals surface area contributed by atoms with Gasteiger partial charge in [-0.15, -0.1) is 5.10 Å². The quantitative estimate of drug-likeness (QED) is 0.894. The first-order chi connectivity index (χ1) is 8.79. The molecular weight excluding hydrogens is 248 g/mol. The summed E-state index contributed by atoms with van der Waals surface area (Å²) in [5.41, 5.74) is 1.13. The van der Waals surface area contributed by atoms with Crippen LogP contribution in [-0.4, -0.2) is 16.2 Å². The summed E-state index contributed by atoms with van der Waals surface area (Å²) >= 11 is 1.33. The standard InChI is InChI=1S/C12H12N4OS/c1-9(15-12-8-14-16-18-12)10-2-4-11(5-3-10)17-7-6-13/h2-5,8-9,15H,7H2,1H3. The van der Waals surface area contributed by atoms with E-state index in [0.29, 0.717) is 5.75 Å². The molecule has 0 amide bonds. The summed E-state index contributed by atoms with van der Waals surface area (Å²) in [6.07, 6.45) is 1.70. The summed E-state index contributed by atoms with van der Waals surface area (Å²) in [4.78, 5) is 0. The molecule has 0 fully saturated rings. The fraction of sp³-hybridized carbons (Fsp3) is 0.250. The van der Waals surface area contributed by atoms with Gasteiger partial charge in [-0.3, -0.25) is 0 Å². The number of hydrogen-bond donors (Lipinski definition) is 1. The van der Waals surface area contributed by atoms with E-state index in [0.717, 1.165) is 10.6 Å². The minimum absolute atomic E-state index is 0.0691. The molecule has 0 aliphatic heterocycles. The fourth-order valence-corrected chi connectivity index (χ4v) is 2.00. The van der Waals surface area contributed by atoms with Crippen LogP contribution in [0.15, 0.2) is 30.5 Å². The molecule has 2 aromatic rings. The van der Waals surface area contributed by atoms with Crippen molar-refractivity contribution >= 4 is 16.5 Å². The zero-order chi connectivity index (χ0) is 12.8. The summed E-state index contributed by atoms with van der Waals surface area (Å²) in [6, 6.07) is 9.76. The predicted octanol–water partition coefficient (Wildman–Crippen LogP) is 2.61. The molecule has 2 rings (SSSR count). The zero-order valence-corrected chi connectivity index (χ0v) is 10.6. The highest BCUT2D eigenvalue weighted by Gasteiger charge is 2.06. The lowest BCUT2D eigenvalue weighted by atomic mass is 10.1. The number of ether oxygens (including phenoxy) is 1. The molecule has 5 nitrogen and oxygen atoms in total. The molecule has 0 aliphatic rings. The van der Waals surface area contributed by atoms with Crippen LogP contribution in [-0.2, 0) is 0 Å². The van der Waals surface area contributed by atoms with Gasteiger partial charge in [0.25, 0.3) is 0 Å². The Morgan fingerprint density at radius 1 is 1.44 bits per heavy atom. The van der Waals surface area contributed by atoms with E-state index in [1.807, 2.05) is 30.3 Å². The molecule has 0 spiro atoms. The molecule has 0 aliphatic carbocycles. The Balaban J connectivity index is 1.98. The minimum Gasteiger partial charge on any atom is -0.479 e. The van der Waals surface area contributed by atoms with Crippen LogP contribution in [0, 0.1) is 11.3 Å². The third kappa shape index (κ3) is 3.18. The van der Waals surface area contributed by atoms with Gasteiger partial charge in [0.1, 0.15) is 16.8 Å². The van der Waals surface area contributed by atoms with Gasteiger partial charge in [-0.05, 0) is 24.6 Å². The SMILES string of the molecule is CC(Nc1cnns1)c1ccc(OCC#N)cc1. The van der Waals surface area contributed by atoms with E-state index in [9.17, 15) is 0 Å². The van der Waals surface area contributed by atoms with Crippen LogP contribution in [0.5, 0.6) is 5.75 Å². The number of hydrogen-bond acceptors (Lipinski definition) is 6. The number of benzene rings is 1. The topological polar surface area (TPSA) is 70.8 Å². The summed E-state index contributed by atoms with van der Waals surface area (Å²) in [5, 5.41) is 16.4. The summed E-state index contributed by atoms with van der Waals surface area (Å²) in [6.45, 7) is 2.13. The minimum atomic E-state index is 0.0691. The van der Waals surface area contributed by atoms with Gasteiger partial charge in [0.05, 0.1) is 6.20 Å². The van der Waals surface area contributed by atoms with Crippen molar-refractivity contribution in [1.29, 1.82) is 5.26 Å². The Labute approximate surface area is 109 Å². The van der Waals surface area contributed by atoms with Gasteiger partial charge in [0.15, 0.2) is 6.61 Å². The van der Waals surface area contributed by atoms with Crippen LogP contribution < -0.4 is 10.1 Å². The van der Waals surface area contributed by atoms with E-state index in [1.165, 1.54) is 11.5 Å². The Morgan fingerprint density at radius 2 is 2.22 bits per heavy atom. The highest BCUT2D eigenvalue weighted by molar-refractivity contribution is 7.09. The molecule has 18 heavy (non-hydrogen) atoms. The van der Waals surface area contributed by atoms with Crippen molar-refractivity contribution in [3.05, 3.63) is 36.0 Å². The maximum Gasteiger partial charge on any atom is 0.174 e. The second kappa shape index (κ2) is 5.98. The third-order valence-corrected chi connectivity index (χ3v) is 3.00. The van der Waals surface area contributed by atoms with Gasteiger partial charge >= 0.3 is 0 Å². The highest BCUT2D eigenvalue weighted by atomic mass is 32.1. The van der Waals surface area contributed by atoms with Crippen molar-refractivity contribution in [3.63, 3.8) is 0 Å². The molecule has 0 saturated carbocycles. The van der Waals surface area contributed by atoms with E-state index in [2.05, 4.69) is 21.8 Å². The molecule has 6 heteroatoms. The van der Waals surface area contributed by atoms with Crippen LogP contribution in [0.3, 0.4) is 0 Å². The van der Waals surface area contributed by atoms with Crippen LogP contribution in [0.2, 0.25) is 0 Å². The molecule has 0 bridgehead atoms. The molecular formula is C12H12N4OS. The zero-order valence-electron chi connectivity index (χ0n) is 9.83. The van der Waals surface area contributed by atoms with Gasteiger partial charge in [0.2, 0.25) is 0 Å². The van der Waals surface area contributed by atoms with Crippen LogP contribution >= 0.6 is 11.5 Å². The van der Waals surface area contributed by atoms with Crippen LogP contribution in [0.4, 0.5) is 5.00 Å². The van der Waals surface area contributed by atoms with Crippen LogP contribution in [0.1, 0.15) is 18.5 Å². The Hall–Kier alpha value is -2.13. The van der Waals surface area contributed by atoms with Crippen LogP contribution in [0.25, 0.3) is 0 Å². The lowest BCUT2D eigenvalue weighted by molar-refractivity contribution is 0.368. The van der Waals surface area contributed by atoms with Crippen molar-refractivity contribution in [2.75, 3.05) is 11.9 Å². The largest absolute Gasteiger partial charge is 0.479 e. The monoisotopic (exact) mass is 260 g/mol. The van der Waals surface area contributed by atoms with E-state index >= 15 is 0 Å². The first kappa shape index (κ1) is 12.3. The molecule has 1 aromatic carbocycles. The normalized spacial score (nSPS) is 11.6. The second-order valence-corrected chi connectivity index (χ2v) is 4.45. The second-order valence-electron chi connectivity index (χ2n) is 3.66.